The Bertz CT molecular complexity index is 343. The molecule has 1 fully saturated rings. The maximum Gasteiger partial charge on any atom is 0.126 e. The highest BCUT2D eigenvalue weighted by molar-refractivity contribution is 5.37. The molecule has 0 spiro atoms. The molecule has 2 rings (SSSR count). The third-order valence-electron chi connectivity index (χ3n) is 3.30. The molecule has 0 amide bonds. The molecule has 1 unspecified atom stereocenters. The van der Waals surface area contributed by atoms with Crippen molar-refractivity contribution in [2.45, 2.75) is 26.7 Å². The van der Waals surface area contributed by atoms with Gasteiger partial charge in [-0.3, -0.25) is 0 Å². The Balaban J connectivity index is 1.91. The summed E-state index contributed by atoms with van der Waals surface area (Å²) in [5.41, 5.74) is 1.62. The van der Waals surface area contributed by atoms with Gasteiger partial charge in [0.05, 0.1) is 0 Å². The molecule has 1 aliphatic heterocycles. The number of anilines is 1. The summed E-state index contributed by atoms with van der Waals surface area (Å²) in [7, 11) is 0. The van der Waals surface area contributed by atoms with Crippen molar-refractivity contribution < 1.29 is 0 Å². The normalized spacial score (nSPS) is 25.4. The number of hydrogen-bond donors (Lipinski definition) is 2. The zero-order valence-electron chi connectivity index (χ0n) is 10.2. The molecule has 0 radical (unpaired) electrons. The van der Waals surface area contributed by atoms with Crippen molar-refractivity contribution in [3.05, 3.63) is 23.9 Å². The van der Waals surface area contributed by atoms with Crippen LogP contribution in [0.4, 0.5) is 5.82 Å². The van der Waals surface area contributed by atoms with Crippen LogP contribution in [0.2, 0.25) is 0 Å². The smallest absolute Gasteiger partial charge is 0.126 e. The molecular formula is C13H21N3. The van der Waals surface area contributed by atoms with E-state index in [-0.39, 0.29) is 0 Å². The second-order valence-electron chi connectivity index (χ2n) is 5.16. The van der Waals surface area contributed by atoms with Gasteiger partial charge in [-0.1, -0.05) is 6.92 Å². The van der Waals surface area contributed by atoms with Gasteiger partial charge in [-0.2, -0.15) is 0 Å². The van der Waals surface area contributed by atoms with Crippen LogP contribution >= 0.6 is 0 Å². The largest absolute Gasteiger partial charge is 0.369 e. The van der Waals surface area contributed by atoms with Gasteiger partial charge in [0.2, 0.25) is 0 Å². The lowest BCUT2D eigenvalue weighted by Crippen LogP contribution is -2.42. The van der Waals surface area contributed by atoms with Gasteiger partial charge >= 0.3 is 0 Å². The van der Waals surface area contributed by atoms with Crippen molar-refractivity contribution in [1.82, 2.24) is 10.3 Å². The first-order chi connectivity index (χ1) is 7.68. The third-order valence-corrected chi connectivity index (χ3v) is 3.30. The number of nitrogens with zero attached hydrogens (tertiary/aromatic N) is 1. The molecule has 1 atom stereocenters. The fraction of sp³-hybridized carbons (Fsp3) is 0.615. The Labute approximate surface area is 97.7 Å². The number of aromatic nitrogens is 1. The van der Waals surface area contributed by atoms with E-state index in [1.165, 1.54) is 18.4 Å². The first kappa shape index (κ1) is 11.4. The molecule has 3 heteroatoms. The standard InChI is InChI=1S/C13H21N3/c1-11-4-7-15-12(8-11)16-10-13(2)5-3-6-14-9-13/h4,7-8,14H,3,5-6,9-10H2,1-2H3,(H,15,16). The topological polar surface area (TPSA) is 37.0 Å². The third kappa shape index (κ3) is 2.95. The van der Waals surface area contributed by atoms with Crippen molar-refractivity contribution in [2.24, 2.45) is 5.41 Å². The van der Waals surface area contributed by atoms with Crippen LogP contribution in [-0.4, -0.2) is 24.6 Å². The average Bonchev–Trinajstić information content (AvgIpc) is 2.28. The van der Waals surface area contributed by atoms with Crippen molar-refractivity contribution in [2.75, 3.05) is 25.0 Å². The Hall–Kier alpha value is -1.09. The van der Waals surface area contributed by atoms with Gasteiger partial charge in [-0.15, -0.1) is 0 Å². The Kier molecular flexibility index (Phi) is 3.44. The van der Waals surface area contributed by atoms with E-state index < -0.39 is 0 Å². The molecule has 0 aliphatic carbocycles. The first-order valence-electron chi connectivity index (χ1n) is 6.05. The number of pyridine rings is 1. The molecule has 0 saturated carbocycles. The summed E-state index contributed by atoms with van der Waals surface area (Å²) >= 11 is 0. The molecule has 3 nitrogen and oxygen atoms in total. The van der Waals surface area contributed by atoms with E-state index in [1.54, 1.807) is 0 Å². The lowest BCUT2D eigenvalue weighted by atomic mass is 9.83. The van der Waals surface area contributed by atoms with Gasteiger partial charge in [0.25, 0.3) is 0 Å². The summed E-state index contributed by atoms with van der Waals surface area (Å²) in [6.07, 6.45) is 4.43. The Morgan fingerprint density at radius 2 is 2.44 bits per heavy atom. The summed E-state index contributed by atoms with van der Waals surface area (Å²) < 4.78 is 0. The van der Waals surface area contributed by atoms with Crippen LogP contribution < -0.4 is 10.6 Å². The van der Waals surface area contributed by atoms with E-state index in [0.29, 0.717) is 5.41 Å². The lowest BCUT2D eigenvalue weighted by molar-refractivity contribution is 0.253. The fourth-order valence-electron chi connectivity index (χ4n) is 2.21. The maximum absolute atomic E-state index is 4.32. The van der Waals surface area contributed by atoms with Crippen LogP contribution in [0.3, 0.4) is 0 Å². The highest BCUT2D eigenvalue weighted by Gasteiger charge is 2.26. The molecule has 16 heavy (non-hydrogen) atoms. The molecule has 0 aromatic carbocycles. The number of rotatable bonds is 3. The van der Waals surface area contributed by atoms with E-state index in [0.717, 1.165) is 25.5 Å². The van der Waals surface area contributed by atoms with Gasteiger partial charge in [0.1, 0.15) is 5.82 Å². The zero-order valence-corrected chi connectivity index (χ0v) is 10.2. The number of nitrogens with one attached hydrogen (secondary N) is 2. The first-order valence-corrected chi connectivity index (χ1v) is 6.05. The second kappa shape index (κ2) is 4.83. The van der Waals surface area contributed by atoms with E-state index in [1.807, 2.05) is 12.3 Å². The molecule has 2 N–H and O–H groups in total. The SMILES string of the molecule is Cc1ccnc(NCC2(C)CCCNC2)c1. The minimum absolute atomic E-state index is 0.365. The second-order valence-corrected chi connectivity index (χ2v) is 5.16. The minimum Gasteiger partial charge on any atom is -0.369 e. The Morgan fingerprint density at radius 1 is 1.56 bits per heavy atom. The molecular weight excluding hydrogens is 198 g/mol. The minimum atomic E-state index is 0.365. The van der Waals surface area contributed by atoms with Crippen molar-refractivity contribution in [3.8, 4) is 0 Å². The van der Waals surface area contributed by atoms with Crippen LogP contribution in [0.15, 0.2) is 18.3 Å². The van der Waals surface area contributed by atoms with Crippen LogP contribution in [0.5, 0.6) is 0 Å². The van der Waals surface area contributed by atoms with Crippen LogP contribution in [0.1, 0.15) is 25.3 Å². The molecule has 1 aromatic rings. The predicted octanol–water partition coefficient (Wildman–Crippen LogP) is 2.19. The number of piperidine rings is 1. The van der Waals surface area contributed by atoms with Crippen molar-refractivity contribution in [3.63, 3.8) is 0 Å². The quantitative estimate of drug-likeness (QED) is 0.818. The van der Waals surface area contributed by atoms with Crippen LogP contribution in [0.25, 0.3) is 0 Å². The summed E-state index contributed by atoms with van der Waals surface area (Å²) in [5, 5.41) is 6.91. The summed E-state index contributed by atoms with van der Waals surface area (Å²) in [5.74, 6) is 0.992. The van der Waals surface area contributed by atoms with Gasteiger partial charge in [0.15, 0.2) is 0 Å². The van der Waals surface area contributed by atoms with Gasteiger partial charge in [-0.25, -0.2) is 4.98 Å². The highest BCUT2D eigenvalue weighted by atomic mass is 15.0. The van der Waals surface area contributed by atoms with E-state index in [4.69, 9.17) is 0 Å². The van der Waals surface area contributed by atoms with Crippen molar-refractivity contribution >= 4 is 5.82 Å². The molecule has 0 bridgehead atoms. The van der Waals surface area contributed by atoms with Crippen molar-refractivity contribution in [1.29, 1.82) is 0 Å². The van der Waals surface area contributed by atoms with E-state index in [9.17, 15) is 0 Å². The zero-order chi connectivity index (χ0) is 11.4. The van der Waals surface area contributed by atoms with Crippen LogP contribution in [0, 0.1) is 12.3 Å². The van der Waals surface area contributed by atoms with E-state index in [2.05, 4.69) is 35.5 Å². The molecule has 2 heterocycles. The average molecular weight is 219 g/mol. The molecule has 1 aromatic heterocycles. The summed E-state index contributed by atoms with van der Waals surface area (Å²) in [4.78, 5) is 4.32. The fourth-order valence-corrected chi connectivity index (χ4v) is 2.21. The Morgan fingerprint density at radius 3 is 3.12 bits per heavy atom. The van der Waals surface area contributed by atoms with Gasteiger partial charge in [0, 0.05) is 19.3 Å². The maximum atomic E-state index is 4.32. The van der Waals surface area contributed by atoms with Gasteiger partial charge in [-0.05, 0) is 49.4 Å². The highest BCUT2D eigenvalue weighted by Crippen LogP contribution is 2.25. The molecule has 1 aliphatic rings. The lowest BCUT2D eigenvalue weighted by Gasteiger charge is -2.34. The summed E-state index contributed by atoms with van der Waals surface area (Å²) in [6.45, 7) is 7.69. The molecule has 1 saturated heterocycles. The predicted molar refractivity (Wildman–Crippen MR) is 67.7 cm³/mol. The number of aryl methyl sites for hydroxylation is 1. The summed E-state index contributed by atoms with van der Waals surface area (Å²) in [6, 6.07) is 4.12. The number of hydrogen-bond acceptors (Lipinski definition) is 3. The monoisotopic (exact) mass is 219 g/mol. The molecule has 88 valence electrons. The van der Waals surface area contributed by atoms with E-state index >= 15 is 0 Å². The van der Waals surface area contributed by atoms with Gasteiger partial charge < -0.3 is 10.6 Å². The van der Waals surface area contributed by atoms with Crippen LogP contribution in [-0.2, 0) is 0 Å².